The molecule has 1 aliphatic heterocycles. The molecule has 2 heterocycles. The number of hydrogen-bond donors (Lipinski definition) is 1. The molecule has 0 atom stereocenters. The van der Waals surface area contributed by atoms with Crippen LogP contribution in [0, 0.1) is 5.92 Å². The number of rotatable bonds is 5. The quantitative estimate of drug-likeness (QED) is 0.843. The van der Waals surface area contributed by atoms with Gasteiger partial charge in [-0.1, -0.05) is 6.92 Å². The van der Waals surface area contributed by atoms with E-state index in [1.54, 1.807) is 0 Å². The number of ether oxygens (including phenoxy) is 1. The molecule has 1 aromatic heterocycles. The van der Waals surface area contributed by atoms with Crippen molar-refractivity contribution in [3.8, 4) is 0 Å². The maximum Gasteiger partial charge on any atom is 0.0666 e. The van der Waals surface area contributed by atoms with E-state index in [-0.39, 0.29) is 0 Å². The molecule has 1 aliphatic rings. The Labute approximate surface area is 103 Å². The normalized spacial score (nSPS) is 17.5. The Balaban J connectivity index is 1.76. The van der Waals surface area contributed by atoms with Crippen molar-refractivity contribution in [2.45, 2.75) is 32.7 Å². The molecule has 4 heteroatoms. The fraction of sp³-hybridized carbons (Fsp3) is 0.769. The number of aromatic nitrogens is 2. The van der Waals surface area contributed by atoms with Crippen molar-refractivity contribution in [1.29, 1.82) is 0 Å². The van der Waals surface area contributed by atoms with Gasteiger partial charge in [0.25, 0.3) is 0 Å². The fourth-order valence-electron chi connectivity index (χ4n) is 2.39. The summed E-state index contributed by atoms with van der Waals surface area (Å²) >= 11 is 0. The summed E-state index contributed by atoms with van der Waals surface area (Å²) < 4.78 is 7.27. The van der Waals surface area contributed by atoms with Crippen LogP contribution in [0.4, 0.5) is 0 Å². The largest absolute Gasteiger partial charge is 0.381 e. The second-order valence-corrected chi connectivity index (χ2v) is 4.81. The van der Waals surface area contributed by atoms with Gasteiger partial charge in [0.05, 0.1) is 5.69 Å². The van der Waals surface area contributed by atoms with Gasteiger partial charge in [0.2, 0.25) is 0 Å². The zero-order valence-corrected chi connectivity index (χ0v) is 10.9. The molecule has 0 radical (unpaired) electrons. The van der Waals surface area contributed by atoms with Crippen molar-refractivity contribution in [3.05, 3.63) is 17.5 Å². The van der Waals surface area contributed by atoms with E-state index in [1.165, 1.54) is 24.1 Å². The van der Waals surface area contributed by atoms with Gasteiger partial charge in [-0.25, -0.2) is 0 Å². The highest BCUT2D eigenvalue weighted by atomic mass is 16.5. The zero-order chi connectivity index (χ0) is 12.1. The smallest absolute Gasteiger partial charge is 0.0666 e. The summed E-state index contributed by atoms with van der Waals surface area (Å²) in [4.78, 5) is 0. The van der Waals surface area contributed by atoms with E-state index in [1.807, 2.05) is 11.7 Å². The van der Waals surface area contributed by atoms with Crippen molar-refractivity contribution in [1.82, 2.24) is 15.1 Å². The zero-order valence-electron chi connectivity index (χ0n) is 10.9. The van der Waals surface area contributed by atoms with E-state index in [0.29, 0.717) is 0 Å². The van der Waals surface area contributed by atoms with E-state index < -0.39 is 0 Å². The van der Waals surface area contributed by atoms with Gasteiger partial charge >= 0.3 is 0 Å². The lowest BCUT2D eigenvalue weighted by Gasteiger charge is -2.22. The van der Waals surface area contributed by atoms with E-state index in [4.69, 9.17) is 4.74 Å². The summed E-state index contributed by atoms with van der Waals surface area (Å²) in [6.07, 6.45) is 5.52. The van der Waals surface area contributed by atoms with Gasteiger partial charge in [0, 0.05) is 38.6 Å². The van der Waals surface area contributed by atoms with Gasteiger partial charge in [-0.15, -0.1) is 0 Å². The molecule has 0 spiro atoms. The first-order valence-electron chi connectivity index (χ1n) is 6.59. The van der Waals surface area contributed by atoms with Gasteiger partial charge < -0.3 is 10.1 Å². The molecule has 0 saturated carbocycles. The summed E-state index contributed by atoms with van der Waals surface area (Å²) in [6, 6.07) is 0. The molecule has 4 nitrogen and oxygen atoms in total. The second-order valence-electron chi connectivity index (χ2n) is 4.81. The third-order valence-electron chi connectivity index (χ3n) is 3.42. The monoisotopic (exact) mass is 237 g/mol. The Kier molecular flexibility index (Phi) is 4.57. The van der Waals surface area contributed by atoms with Crippen LogP contribution >= 0.6 is 0 Å². The third kappa shape index (κ3) is 3.54. The minimum atomic E-state index is 0.783. The molecule has 0 unspecified atom stereocenters. The topological polar surface area (TPSA) is 39.1 Å². The first-order chi connectivity index (χ1) is 8.29. The van der Waals surface area contributed by atoms with Crippen LogP contribution in [-0.4, -0.2) is 29.5 Å². The molecular weight excluding hydrogens is 214 g/mol. The maximum atomic E-state index is 5.36. The minimum Gasteiger partial charge on any atom is -0.381 e. The lowest BCUT2D eigenvalue weighted by molar-refractivity contribution is 0.0662. The molecule has 1 fully saturated rings. The molecule has 0 aliphatic carbocycles. The van der Waals surface area contributed by atoms with E-state index in [0.717, 1.165) is 38.6 Å². The molecule has 1 aromatic rings. The predicted octanol–water partition coefficient (Wildman–Crippen LogP) is 1.50. The van der Waals surface area contributed by atoms with E-state index in [9.17, 15) is 0 Å². The number of aryl methyl sites for hydroxylation is 2. The van der Waals surface area contributed by atoms with Gasteiger partial charge in [0.15, 0.2) is 0 Å². The molecule has 96 valence electrons. The standard InChI is InChI=1S/C13H23N3O/c1-3-13-12(10-16(2)15-13)9-14-8-11-4-6-17-7-5-11/h10-11,14H,3-9H2,1-2H3. The SMILES string of the molecule is CCc1nn(C)cc1CNCC1CCOCC1. The lowest BCUT2D eigenvalue weighted by atomic mass is 10.0. The van der Waals surface area contributed by atoms with Gasteiger partial charge in [-0.3, -0.25) is 4.68 Å². The first kappa shape index (κ1) is 12.6. The Hall–Kier alpha value is -0.870. The minimum absolute atomic E-state index is 0.783. The molecule has 1 saturated heterocycles. The van der Waals surface area contributed by atoms with Gasteiger partial charge in [0.1, 0.15) is 0 Å². The number of nitrogens with one attached hydrogen (secondary N) is 1. The Morgan fingerprint density at radius 3 is 2.94 bits per heavy atom. The lowest BCUT2D eigenvalue weighted by Crippen LogP contribution is -2.27. The van der Waals surface area contributed by atoms with Gasteiger partial charge in [-0.2, -0.15) is 5.10 Å². The highest BCUT2D eigenvalue weighted by molar-refractivity contribution is 5.16. The fourth-order valence-corrected chi connectivity index (χ4v) is 2.39. The summed E-state index contributed by atoms with van der Waals surface area (Å²) in [7, 11) is 1.99. The second kappa shape index (κ2) is 6.17. The van der Waals surface area contributed by atoms with Crippen molar-refractivity contribution in [3.63, 3.8) is 0 Å². The van der Waals surface area contributed by atoms with Gasteiger partial charge in [-0.05, 0) is 31.7 Å². The van der Waals surface area contributed by atoms with Crippen LogP contribution in [0.25, 0.3) is 0 Å². The highest BCUT2D eigenvalue weighted by Crippen LogP contribution is 2.14. The Morgan fingerprint density at radius 1 is 1.47 bits per heavy atom. The van der Waals surface area contributed by atoms with Crippen LogP contribution in [0.5, 0.6) is 0 Å². The van der Waals surface area contributed by atoms with Crippen molar-refractivity contribution in [2.75, 3.05) is 19.8 Å². The average Bonchev–Trinajstić information content (AvgIpc) is 2.71. The van der Waals surface area contributed by atoms with Crippen LogP contribution in [-0.2, 0) is 24.8 Å². The molecule has 0 bridgehead atoms. The van der Waals surface area contributed by atoms with Crippen LogP contribution in [0.2, 0.25) is 0 Å². The number of nitrogens with zero attached hydrogens (tertiary/aromatic N) is 2. The summed E-state index contributed by atoms with van der Waals surface area (Å²) in [6.45, 7) is 6.05. The van der Waals surface area contributed by atoms with Crippen LogP contribution in [0.15, 0.2) is 6.20 Å². The summed E-state index contributed by atoms with van der Waals surface area (Å²) in [5.41, 5.74) is 2.55. The third-order valence-corrected chi connectivity index (χ3v) is 3.42. The van der Waals surface area contributed by atoms with E-state index in [2.05, 4.69) is 23.5 Å². The van der Waals surface area contributed by atoms with Crippen LogP contribution in [0.1, 0.15) is 31.0 Å². The Morgan fingerprint density at radius 2 is 2.24 bits per heavy atom. The molecule has 1 N–H and O–H groups in total. The van der Waals surface area contributed by atoms with Crippen molar-refractivity contribution in [2.24, 2.45) is 13.0 Å². The Bertz CT molecular complexity index is 342. The average molecular weight is 237 g/mol. The van der Waals surface area contributed by atoms with E-state index >= 15 is 0 Å². The molecular formula is C13H23N3O. The van der Waals surface area contributed by atoms with Crippen LogP contribution < -0.4 is 5.32 Å². The molecule has 2 rings (SSSR count). The summed E-state index contributed by atoms with van der Waals surface area (Å²) in [5.74, 6) is 0.783. The van der Waals surface area contributed by atoms with Crippen LogP contribution in [0.3, 0.4) is 0 Å². The molecule has 0 amide bonds. The molecule has 0 aromatic carbocycles. The summed E-state index contributed by atoms with van der Waals surface area (Å²) in [5, 5.41) is 8.00. The van der Waals surface area contributed by atoms with Crippen molar-refractivity contribution >= 4 is 0 Å². The number of hydrogen-bond acceptors (Lipinski definition) is 3. The van der Waals surface area contributed by atoms with Crippen molar-refractivity contribution < 1.29 is 4.74 Å². The maximum absolute atomic E-state index is 5.36. The predicted molar refractivity (Wildman–Crippen MR) is 67.8 cm³/mol. The molecule has 17 heavy (non-hydrogen) atoms. The highest BCUT2D eigenvalue weighted by Gasteiger charge is 2.13. The first-order valence-corrected chi connectivity index (χ1v) is 6.59.